The van der Waals surface area contributed by atoms with Crippen molar-refractivity contribution in [3.63, 3.8) is 0 Å². The molecule has 96 valence electrons. The standard InChI is InChI=1S/C15H24IN/c1-4-13(5-2)11-17(6-3)12-14-7-9-15(16)10-8-14/h7-10,13H,4-6,11-12H2,1-3H3. The van der Waals surface area contributed by atoms with Gasteiger partial charge in [-0.2, -0.15) is 0 Å². The minimum absolute atomic E-state index is 0.846. The molecule has 0 bridgehead atoms. The molecule has 0 radical (unpaired) electrons. The predicted octanol–water partition coefficient (Wildman–Crippen LogP) is 4.55. The Balaban J connectivity index is 2.54. The lowest BCUT2D eigenvalue weighted by atomic mass is 10.0. The average Bonchev–Trinajstić information content (AvgIpc) is 2.37. The lowest BCUT2D eigenvalue weighted by molar-refractivity contribution is 0.226. The van der Waals surface area contributed by atoms with Gasteiger partial charge in [-0.25, -0.2) is 0 Å². The van der Waals surface area contributed by atoms with E-state index in [2.05, 4.69) is 72.5 Å². The molecule has 0 heterocycles. The molecule has 0 spiro atoms. The number of rotatable bonds is 7. The lowest BCUT2D eigenvalue weighted by Gasteiger charge is -2.25. The highest BCUT2D eigenvalue weighted by molar-refractivity contribution is 14.1. The van der Waals surface area contributed by atoms with Crippen LogP contribution in [-0.2, 0) is 6.54 Å². The Bertz CT molecular complexity index is 303. The molecular weight excluding hydrogens is 321 g/mol. The summed E-state index contributed by atoms with van der Waals surface area (Å²) in [5, 5.41) is 0. The van der Waals surface area contributed by atoms with E-state index in [1.807, 2.05) is 0 Å². The van der Waals surface area contributed by atoms with Gasteiger partial charge in [-0.15, -0.1) is 0 Å². The maximum absolute atomic E-state index is 2.56. The summed E-state index contributed by atoms with van der Waals surface area (Å²) in [6.45, 7) is 10.3. The van der Waals surface area contributed by atoms with Crippen LogP contribution in [0.5, 0.6) is 0 Å². The third kappa shape index (κ3) is 5.38. The van der Waals surface area contributed by atoms with Crippen LogP contribution < -0.4 is 0 Å². The van der Waals surface area contributed by atoms with Crippen LogP contribution in [0.15, 0.2) is 24.3 Å². The lowest BCUT2D eigenvalue weighted by Crippen LogP contribution is -2.28. The van der Waals surface area contributed by atoms with Gasteiger partial charge in [0, 0.05) is 16.7 Å². The van der Waals surface area contributed by atoms with Gasteiger partial charge in [0.15, 0.2) is 0 Å². The molecule has 1 aromatic carbocycles. The maximum Gasteiger partial charge on any atom is 0.0233 e. The van der Waals surface area contributed by atoms with Gasteiger partial charge in [0.1, 0.15) is 0 Å². The second-order valence-corrected chi connectivity index (χ2v) is 5.88. The highest BCUT2D eigenvalue weighted by Gasteiger charge is 2.10. The summed E-state index contributed by atoms with van der Waals surface area (Å²) in [4.78, 5) is 2.56. The van der Waals surface area contributed by atoms with E-state index in [0.717, 1.165) is 19.0 Å². The van der Waals surface area contributed by atoms with Crippen LogP contribution in [0, 0.1) is 9.49 Å². The molecule has 0 atom stereocenters. The number of nitrogens with zero attached hydrogens (tertiary/aromatic N) is 1. The summed E-state index contributed by atoms with van der Waals surface area (Å²) < 4.78 is 1.31. The van der Waals surface area contributed by atoms with Crippen molar-refractivity contribution in [3.05, 3.63) is 33.4 Å². The number of benzene rings is 1. The van der Waals surface area contributed by atoms with Gasteiger partial charge in [-0.1, -0.05) is 45.7 Å². The molecule has 1 rings (SSSR count). The third-order valence-corrected chi connectivity index (χ3v) is 4.16. The zero-order valence-corrected chi connectivity index (χ0v) is 13.4. The predicted molar refractivity (Wildman–Crippen MR) is 84.2 cm³/mol. The fraction of sp³-hybridized carbons (Fsp3) is 0.600. The fourth-order valence-electron chi connectivity index (χ4n) is 2.07. The van der Waals surface area contributed by atoms with Crippen molar-refractivity contribution in [2.45, 2.75) is 40.2 Å². The summed E-state index contributed by atoms with van der Waals surface area (Å²) in [5.41, 5.74) is 1.43. The number of halogens is 1. The van der Waals surface area contributed by atoms with Gasteiger partial charge in [-0.3, -0.25) is 4.90 Å². The molecule has 0 aliphatic rings. The normalized spacial score (nSPS) is 11.4. The summed E-state index contributed by atoms with van der Waals surface area (Å²) in [5.74, 6) is 0.846. The van der Waals surface area contributed by atoms with Crippen molar-refractivity contribution in [2.24, 2.45) is 5.92 Å². The Hall–Kier alpha value is -0.0900. The highest BCUT2D eigenvalue weighted by Crippen LogP contribution is 2.13. The van der Waals surface area contributed by atoms with E-state index in [1.165, 1.54) is 28.5 Å². The molecular formula is C15H24IN. The molecule has 17 heavy (non-hydrogen) atoms. The topological polar surface area (TPSA) is 3.24 Å². The zero-order chi connectivity index (χ0) is 12.7. The fourth-order valence-corrected chi connectivity index (χ4v) is 2.43. The van der Waals surface area contributed by atoms with Crippen molar-refractivity contribution < 1.29 is 0 Å². The Morgan fingerprint density at radius 3 is 2.12 bits per heavy atom. The maximum atomic E-state index is 2.56. The van der Waals surface area contributed by atoms with Gasteiger partial charge < -0.3 is 0 Å². The second kappa shape index (κ2) is 8.09. The summed E-state index contributed by atoms with van der Waals surface area (Å²) in [6.07, 6.45) is 2.58. The van der Waals surface area contributed by atoms with Gasteiger partial charge >= 0.3 is 0 Å². The molecule has 1 nitrogen and oxygen atoms in total. The van der Waals surface area contributed by atoms with Gasteiger partial charge in [0.2, 0.25) is 0 Å². The van der Waals surface area contributed by atoms with Gasteiger partial charge in [0.05, 0.1) is 0 Å². The monoisotopic (exact) mass is 345 g/mol. The minimum atomic E-state index is 0.846. The van der Waals surface area contributed by atoms with E-state index in [1.54, 1.807) is 0 Å². The van der Waals surface area contributed by atoms with Crippen molar-refractivity contribution in [1.82, 2.24) is 4.90 Å². The summed E-state index contributed by atoms with van der Waals surface area (Å²) in [6, 6.07) is 8.89. The minimum Gasteiger partial charge on any atom is -0.299 e. The Morgan fingerprint density at radius 2 is 1.65 bits per heavy atom. The molecule has 0 unspecified atom stereocenters. The molecule has 1 aromatic rings. The first kappa shape index (κ1) is 15.0. The van der Waals surface area contributed by atoms with Crippen LogP contribution in [-0.4, -0.2) is 18.0 Å². The summed E-state index contributed by atoms with van der Waals surface area (Å²) >= 11 is 2.36. The first-order valence-corrected chi connectivity index (χ1v) is 7.74. The molecule has 2 heteroatoms. The highest BCUT2D eigenvalue weighted by atomic mass is 127. The molecule has 0 saturated heterocycles. The van der Waals surface area contributed by atoms with E-state index < -0.39 is 0 Å². The Kier molecular flexibility index (Phi) is 7.12. The molecule has 0 aliphatic carbocycles. The third-order valence-electron chi connectivity index (χ3n) is 3.44. The van der Waals surface area contributed by atoms with Crippen molar-refractivity contribution in [2.75, 3.05) is 13.1 Å². The Morgan fingerprint density at radius 1 is 1.06 bits per heavy atom. The van der Waals surface area contributed by atoms with E-state index >= 15 is 0 Å². The van der Waals surface area contributed by atoms with Crippen molar-refractivity contribution in [3.8, 4) is 0 Å². The smallest absolute Gasteiger partial charge is 0.0233 e. The summed E-state index contributed by atoms with van der Waals surface area (Å²) in [7, 11) is 0. The van der Waals surface area contributed by atoms with Crippen molar-refractivity contribution in [1.29, 1.82) is 0 Å². The van der Waals surface area contributed by atoms with Crippen LogP contribution in [0.25, 0.3) is 0 Å². The zero-order valence-electron chi connectivity index (χ0n) is 11.2. The van der Waals surface area contributed by atoms with Crippen LogP contribution in [0.1, 0.15) is 39.2 Å². The molecule has 0 fully saturated rings. The van der Waals surface area contributed by atoms with Crippen LogP contribution in [0.4, 0.5) is 0 Å². The van der Waals surface area contributed by atoms with Gasteiger partial charge in [-0.05, 0) is 52.7 Å². The van der Waals surface area contributed by atoms with E-state index in [0.29, 0.717) is 0 Å². The molecule has 0 amide bonds. The van der Waals surface area contributed by atoms with E-state index in [-0.39, 0.29) is 0 Å². The van der Waals surface area contributed by atoms with Crippen LogP contribution >= 0.6 is 22.6 Å². The Labute approximate surface area is 120 Å². The molecule has 0 aromatic heterocycles. The first-order chi connectivity index (χ1) is 8.19. The van der Waals surface area contributed by atoms with E-state index in [4.69, 9.17) is 0 Å². The molecule has 0 aliphatic heterocycles. The van der Waals surface area contributed by atoms with E-state index in [9.17, 15) is 0 Å². The SMILES string of the molecule is CCC(CC)CN(CC)Cc1ccc(I)cc1. The van der Waals surface area contributed by atoms with Crippen molar-refractivity contribution >= 4 is 22.6 Å². The average molecular weight is 345 g/mol. The molecule has 0 N–H and O–H groups in total. The first-order valence-electron chi connectivity index (χ1n) is 6.66. The second-order valence-electron chi connectivity index (χ2n) is 4.64. The quantitative estimate of drug-likeness (QED) is 0.656. The van der Waals surface area contributed by atoms with Crippen LogP contribution in [0.2, 0.25) is 0 Å². The largest absolute Gasteiger partial charge is 0.299 e. The van der Waals surface area contributed by atoms with Crippen LogP contribution in [0.3, 0.4) is 0 Å². The molecule has 0 saturated carbocycles. The number of hydrogen-bond acceptors (Lipinski definition) is 1. The van der Waals surface area contributed by atoms with Gasteiger partial charge in [0.25, 0.3) is 0 Å². The number of hydrogen-bond donors (Lipinski definition) is 0.